The number of carbonyl (C=O) groups excluding carboxylic acids is 1. The van der Waals surface area contributed by atoms with Crippen LogP contribution in [0.25, 0.3) is 0 Å². The van der Waals surface area contributed by atoms with Crippen LogP contribution in [0.4, 0.5) is 0 Å². The van der Waals surface area contributed by atoms with E-state index in [0.29, 0.717) is 6.42 Å². The van der Waals surface area contributed by atoms with Gasteiger partial charge in [0.2, 0.25) is 0 Å². The minimum atomic E-state index is -0.465. The zero-order chi connectivity index (χ0) is 17.6. The molecular weight excluding hydrogens is 310 g/mol. The zero-order valence-corrected chi connectivity index (χ0v) is 15.1. The number of hydrogen-bond acceptors (Lipinski definition) is 2. The molecule has 1 aliphatic carbocycles. The first-order valence-corrected chi connectivity index (χ1v) is 9.31. The number of rotatable bonds is 6. The lowest BCUT2D eigenvalue weighted by Gasteiger charge is -2.22. The Labute approximate surface area is 150 Å². The molecular formula is C22H27NO2. The third-order valence-electron chi connectivity index (χ3n) is 4.92. The number of benzene rings is 2. The van der Waals surface area contributed by atoms with E-state index in [1.165, 1.54) is 24.0 Å². The second-order valence-electron chi connectivity index (χ2n) is 6.79. The first-order chi connectivity index (χ1) is 12.2. The lowest BCUT2D eigenvalue weighted by molar-refractivity contribution is -0.128. The molecule has 1 aliphatic rings. The molecule has 0 radical (unpaired) electrons. The fraction of sp³-hybridized carbons (Fsp3) is 0.409. The molecule has 3 rings (SSSR count). The van der Waals surface area contributed by atoms with Crippen molar-refractivity contribution in [2.45, 2.75) is 58.1 Å². The molecule has 132 valence electrons. The van der Waals surface area contributed by atoms with Crippen molar-refractivity contribution >= 4 is 5.91 Å². The van der Waals surface area contributed by atoms with Gasteiger partial charge in [0.25, 0.3) is 5.91 Å². The van der Waals surface area contributed by atoms with E-state index in [0.717, 1.165) is 24.2 Å². The second kappa shape index (κ2) is 8.19. The van der Waals surface area contributed by atoms with Crippen LogP contribution < -0.4 is 10.1 Å². The fourth-order valence-corrected chi connectivity index (χ4v) is 3.40. The Morgan fingerprint density at radius 2 is 1.80 bits per heavy atom. The largest absolute Gasteiger partial charge is 0.481 e. The molecule has 1 N–H and O–H groups in total. The predicted octanol–water partition coefficient (Wildman–Crippen LogP) is 4.60. The summed E-state index contributed by atoms with van der Waals surface area (Å²) in [7, 11) is 0. The highest BCUT2D eigenvalue weighted by Gasteiger charge is 2.21. The van der Waals surface area contributed by atoms with Crippen molar-refractivity contribution in [2.24, 2.45) is 0 Å². The Kier molecular flexibility index (Phi) is 5.75. The number of aryl methyl sites for hydroxylation is 2. The molecule has 0 spiro atoms. The topological polar surface area (TPSA) is 38.3 Å². The summed E-state index contributed by atoms with van der Waals surface area (Å²) in [6.07, 6.45) is 4.95. The van der Waals surface area contributed by atoms with Gasteiger partial charge >= 0.3 is 0 Å². The van der Waals surface area contributed by atoms with E-state index >= 15 is 0 Å². The maximum Gasteiger partial charge on any atom is 0.261 e. The van der Waals surface area contributed by atoms with Gasteiger partial charge in [-0.15, -0.1) is 0 Å². The zero-order valence-electron chi connectivity index (χ0n) is 15.1. The highest BCUT2D eigenvalue weighted by Crippen LogP contribution is 2.26. The van der Waals surface area contributed by atoms with Crippen LogP contribution >= 0.6 is 0 Å². The van der Waals surface area contributed by atoms with Crippen molar-refractivity contribution in [3.63, 3.8) is 0 Å². The molecule has 25 heavy (non-hydrogen) atoms. The Morgan fingerprint density at radius 1 is 1.08 bits per heavy atom. The van der Waals surface area contributed by atoms with E-state index in [1.807, 2.05) is 50.2 Å². The summed E-state index contributed by atoms with van der Waals surface area (Å²) in [4.78, 5) is 12.6. The molecule has 0 heterocycles. The third kappa shape index (κ3) is 4.41. The van der Waals surface area contributed by atoms with E-state index in [1.54, 1.807) is 0 Å². The summed E-state index contributed by atoms with van der Waals surface area (Å²) in [6, 6.07) is 16.2. The summed E-state index contributed by atoms with van der Waals surface area (Å²) in [5.74, 6) is 0.742. The van der Waals surface area contributed by atoms with Gasteiger partial charge in [0.05, 0.1) is 6.04 Å². The summed E-state index contributed by atoms with van der Waals surface area (Å²) >= 11 is 0. The van der Waals surface area contributed by atoms with Crippen LogP contribution in [-0.4, -0.2) is 12.0 Å². The second-order valence-corrected chi connectivity index (χ2v) is 6.79. The number of fused-ring (bicyclic) bond motifs is 1. The van der Waals surface area contributed by atoms with E-state index in [2.05, 4.69) is 17.4 Å². The number of hydrogen-bond donors (Lipinski definition) is 1. The summed E-state index contributed by atoms with van der Waals surface area (Å²) < 4.78 is 6.02. The molecule has 2 atom stereocenters. The maximum atomic E-state index is 12.6. The summed E-state index contributed by atoms with van der Waals surface area (Å²) in [5, 5.41) is 3.07. The van der Waals surface area contributed by atoms with Crippen LogP contribution in [0, 0.1) is 0 Å². The molecule has 0 aromatic heterocycles. The van der Waals surface area contributed by atoms with Gasteiger partial charge in [-0.05, 0) is 67.9 Å². The van der Waals surface area contributed by atoms with Crippen LogP contribution in [0.5, 0.6) is 5.75 Å². The fourth-order valence-electron chi connectivity index (χ4n) is 3.40. The molecule has 2 aromatic carbocycles. The molecule has 0 aliphatic heterocycles. The Bertz CT molecular complexity index is 711. The van der Waals surface area contributed by atoms with Gasteiger partial charge in [-0.25, -0.2) is 0 Å². The van der Waals surface area contributed by atoms with E-state index in [4.69, 9.17) is 4.74 Å². The van der Waals surface area contributed by atoms with Crippen molar-refractivity contribution < 1.29 is 9.53 Å². The molecule has 0 saturated carbocycles. The smallest absolute Gasteiger partial charge is 0.261 e. The van der Waals surface area contributed by atoms with Crippen molar-refractivity contribution in [1.29, 1.82) is 0 Å². The monoisotopic (exact) mass is 337 g/mol. The molecule has 2 aromatic rings. The average molecular weight is 337 g/mol. The first-order valence-electron chi connectivity index (χ1n) is 9.31. The maximum absolute atomic E-state index is 12.6. The van der Waals surface area contributed by atoms with Crippen molar-refractivity contribution in [3.8, 4) is 5.75 Å². The summed E-state index contributed by atoms with van der Waals surface area (Å²) in [5.41, 5.74) is 3.89. The van der Waals surface area contributed by atoms with Gasteiger partial charge < -0.3 is 10.1 Å². The van der Waals surface area contributed by atoms with Crippen molar-refractivity contribution in [2.75, 3.05) is 0 Å². The van der Waals surface area contributed by atoms with Crippen LogP contribution in [0.3, 0.4) is 0 Å². The van der Waals surface area contributed by atoms with Crippen LogP contribution in [0.2, 0.25) is 0 Å². The molecule has 1 unspecified atom stereocenters. The minimum Gasteiger partial charge on any atom is -0.481 e. The molecule has 3 heteroatoms. The molecule has 3 nitrogen and oxygen atoms in total. The number of amides is 1. The van der Waals surface area contributed by atoms with Gasteiger partial charge in [-0.1, -0.05) is 43.3 Å². The van der Waals surface area contributed by atoms with E-state index in [9.17, 15) is 4.79 Å². The highest BCUT2D eigenvalue weighted by molar-refractivity contribution is 5.81. The first kappa shape index (κ1) is 17.5. The Hall–Kier alpha value is -2.29. The van der Waals surface area contributed by atoms with Crippen molar-refractivity contribution in [1.82, 2.24) is 5.32 Å². The van der Waals surface area contributed by atoms with E-state index < -0.39 is 6.10 Å². The molecule has 0 saturated heterocycles. The Balaban J connectivity index is 1.64. The van der Waals surface area contributed by atoms with Crippen LogP contribution in [-0.2, 0) is 17.6 Å². The molecule has 1 amide bonds. The van der Waals surface area contributed by atoms with Crippen molar-refractivity contribution in [3.05, 3.63) is 65.2 Å². The van der Waals surface area contributed by atoms with Gasteiger partial charge in [-0.3, -0.25) is 4.79 Å². The van der Waals surface area contributed by atoms with Gasteiger partial charge in [0.1, 0.15) is 5.75 Å². The normalized spacial score (nSPS) is 15.8. The lowest BCUT2D eigenvalue weighted by atomic mass is 9.92. The number of ether oxygens (including phenoxy) is 1. The van der Waals surface area contributed by atoms with Gasteiger partial charge in [-0.2, -0.15) is 0 Å². The number of nitrogens with one attached hydrogen (secondary N) is 1. The average Bonchev–Trinajstić information content (AvgIpc) is 2.66. The Morgan fingerprint density at radius 3 is 2.52 bits per heavy atom. The SMILES string of the molecule is CCC(Oc1ccc2c(c1)CCCC2)C(=O)N[C@H](C)c1ccccc1. The highest BCUT2D eigenvalue weighted by atomic mass is 16.5. The van der Waals surface area contributed by atoms with Gasteiger partial charge in [0, 0.05) is 0 Å². The molecule has 0 bridgehead atoms. The number of carbonyl (C=O) groups is 1. The third-order valence-corrected chi connectivity index (χ3v) is 4.92. The van der Waals surface area contributed by atoms with Crippen LogP contribution in [0.15, 0.2) is 48.5 Å². The summed E-state index contributed by atoms with van der Waals surface area (Å²) in [6.45, 7) is 3.98. The quantitative estimate of drug-likeness (QED) is 0.836. The van der Waals surface area contributed by atoms with E-state index in [-0.39, 0.29) is 11.9 Å². The van der Waals surface area contributed by atoms with Crippen LogP contribution in [0.1, 0.15) is 55.8 Å². The standard InChI is InChI=1S/C22H27NO2/c1-3-21(22(24)23-16(2)17-9-5-4-6-10-17)25-20-14-13-18-11-7-8-12-19(18)15-20/h4-6,9-10,13-16,21H,3,7-8,11-12H2,1-2H3,(H,23,24)/t16-,21?/m1/s1. The molecule has 0 fully saturated rings. The predicted molar refractivity (Wildman–Crippen MR) is 101 cm³/mol. The minimum absolute atomic E-state index is 0.0325. The van der Waals surface area contributed by atoms with Gasteiger partial charge in [0.15, 0.2) is 6.10 Å². The lowest BCUT2D eigenvalue weighted by Crippen LogP contribution is -2.39.